The predicted octanol–water partition coefficient (Wildman–Crippen LogP) is 1.68. The van der Waals surface area contributed by atoms with Crippen molar-refractivity contribution in [3.8, 4) is 6.07 Å². The van der Waals surface area contributed by atoms with Crippen LogP contribution >= 0.6 is 0 Å². The second kappa shape index (κ2) is 6.48. The van der Waals surface area contributed by atoms with Crippen molar-refractivity contribution in [2.75, 3.05) is 31.6 Å². The van der Waals surface area contributed by atoms with Gasteiger partial charge in [-0.2, -0.15) is 10.4 Å². The minimum Gasteiger partial charge on any atom is -0.444 e. The van der Waals surface area contributed by atoms with E-state index < -0.39 is 6.09 Å². The molecule has 3 aromatic rings. The zero-order chi connectivity index (χ0) is 18.1. The highest BCUT2D eigenvalue weighted by Crippen LogP contribution is 2.31. The van der Waals surface area contributed by atoms with E-state index in [1.54, 1.807) is 25.6 Å². The third-order valence-corrected chi connectivity index (χ3v) is 4.52. The lowest BCUT2D eigenvalue weighted by atomic mass is 10.1. The average Bonchev–Trinajstić information content (AvgIpc) is 3.30. The molecule has 1 amide bonds. The number of carbonyl (C=O) groups excluding carboxylic acids is 1. The molecule has 1 aliphatic heterocycles. The summed E-state index contributed by atoms with van der Waals surface area (Å²) < 4.78 is 5.50. The molecular weight excluding hydrogens is 334 g/mol. The number of rotatable bonds is 3. The Kier molecular flexibility index (Phi) is 4.01. The first-order valence-corrected chi connectivity index (χ1v) is 8.28. The van der Waals surface area contributed by atoms with Gasteiger partial charge in [-0.1, -0.05) is 0 Å². The van der Waals surface area contributed by atoms with Crippen LogP contribution < -0.4 is 4.90 Å². The summed E-state index contributed by atoms with van der Waals surface area (Å²) in [6.07, 6.45) is 5.24. The monoisotopic (exact) mass is 351 g/mol. The number of nitrogens with one attached hydrogen (secondary N) is 1. The molecule has 1 aliphatic rings. The number of amides is 1. The van der Waals surface area contributed by atoms with Crippen LogP contribution in [0.3, 0.4) is 0 Å². The Labute approximate surface area is 149 Å². The first-order chi connectivity index (χ1) is 12.7. The van der Waals surface area contributed by atoms with Crippen molar-refractivity contribution in [3.63, 3.8) is 0 Å². The number of aromatic nitrogens is 4. The molecule has 0 bridgehead atoms. The second-order valence-electron chi connectivity index (χ2n) is 6.24. The van der Waals surface area contributed by atoms with Crippen molar-refractivity contribution in [2.45, 2.75) is 12.5 Å². The molecule has 3 aromatic heterocycles. The highest BCUT2D eigenvalue weighted by Gasteiger charge is 2.28. The molecule has 1 atom stereocenters. The maximum atomic E-state index is 12.0. The molecule has 4 rings (SSSR count). The number of hydrogen-bond donors (Lipinski definition) is 1. The minimum absolute atomic E-state index is 0.00522. The van der Waals surface area contributed by atoms with Gasteiger partial charge in [-0.25, -0.2) is 14.8 Å². The van der Waals surface area contributed by atoms with Crippen molar-refractivity contribution < 1.29 is 9.53 Å². The second-order valence-corrected chi connectivity index (χ2v) is 6.24. The molecule has 0 spiro atoms. The van der Waals surface area contributed by atoms with Gasteiger partial charge in [0.25, 0.3) is 0 Å². The molecule has 1 N–H and O–H groups in total. The molecule has 4 heterocycles. The molecule has 9 heteroatoms. The highest BCUT2D eigenvalue weighted by atomic mass is 16.6. The zero-order valence-electron chi connectivity index (χ0n) is 14.2. The number of carbonyl (C=O) groups is 1. The van der Waals surface area contributed by atoms with Crippen LogP contribution in [0.1, 0.15) is 6.42 Å². The molecule has 132 valence electrons. The summed E-state index contributed by atoms with van der Waals surface area (Å²) in [5.41, 5.74) is 0.693. The van der Waals surface area contributed by atoms with Gasteiger partial charge < -0.3 is 9.64 Å². The van der Waals surface area contributed by atoms with Crippen molar-refractivity contribution >= 4 is 33.7 Å². The van der Waals surface area contributed by atoms with Crippen molar-refractivity contribution in [1.29, 1.82) is 5.26 Å². The Morgan fingerprint density at radius 2 is 2.38 bits per heavy atom. The van der Waals surface area contributed by atoms with E-state index in [0.29, 0.717) is 18.6 Å². The van der Waals surface area contributed by atoms with Gasteiger partial charge in [0.2, 0.25) is 0 Å². The summed E-state index contributed by atoms with van der Waals surface area (Å²) in [5.74, 6) is 0.867. The van der Waals surface area contributed by atoms with Crippen LogP contribution in [0.25, 0.3) is 21.8 Å². The fraction of sp³-hybridized carbons (Fsp3) is 0.353. The number of anilines is 1. The van der Waals surface area contributed by atoms with E-state index in [0.717, 1.165) is 28.5 Å². The molecule has 9 nitrogen and oxygen atoms in total. The van der Waals surface area contributed by atoms with Crippen molar-refractivity contribution in [1.82, 2.24) is 25.1 Å². The molecule has 1 fully saturated rings. The number of aromatic amines is 1. The third kappa shape index (κ3) is 2.75. The van der Waals surface area contributed by atoms with E-state index in [-0.39, 0.29) is 12.6 Å². The van der Waals surface area contributed by atoms with E-state index in [4.69, 9.17) is 10.00 Å². The quantitative estimate of drug-likeness (QED) is 0.715. The Balaban J connectivity index is 1.59. The SMILES string of the molecule is CN(CC#N)C(=O)OC1CCN(c2[nH]ncc3cnc4nccc4c23)C1. The number of fused-ring (bicyclic) bond motifs is 3. The van der Waals surface area contributed by atoms with Crippen LogP contribution in [-0.2, 0) is 4.74 Å². The van der Waals surface area contributed by atoms with E-state index in [1.807, 2.05) is 12.1 Å². The highest BCUT2D eigenvalue weighted by molar-refractivity contribution is 6.09. The number of nitriles is 1. The van der Waals surface area contributed by atoms with Gasteiger partial charge in [0.1, 0.15) is 18.5 Å². The third-order valence-electron chi connectivity index (χ3n) is 4.52. The van der Waals surface area contributed by atoms with Crippen molar-refractivity contribution in [2.24, 2.45) is 0 Å². The van der Waals surface area contributed by atoms with Gasteiger partial charge in [0.15, 0.2) is 5.65 Å². The van der Waals surface area contributed by atoms with Gasteiger partial charge in [0.05, 0.1) is 18.8 Å². The molecule has 0 aromatic carbocycles. The lowest BCUT2D eigenvalue weighted by Crippen LogP contribution is -2.33. The van der Waals surface area contributed by atoms with Gasteiger partial charge in [0, 0.05) is 48.6 Å². The first kappa shape index (κ1) is 16.1. The van der Waals surface area contributed by atoms with E-state index in [1.165, 1.54) is 4.90 Å². The first-order valence-electron chi connectivity index (χ1n) is 8.28. The van der Waals surface area contributed by atoms with E-state index in [9.17, 15) is 4.79 Å². The Bertz CT molecular complexity index is 1010. The Morgan fingerprint density at radius 1 is 1.50 bits per heavy atom. The molecule has 0 aliphatic carbocycles. The zero-order valence-corrected chi connectivity index (χ0v) is 14.2. The fourth-order valence-corrected chi connectivity index (χ4v) is 3.22. The maximum Gasteiger partial charge on any atom is 0.410 e. The van der Waals surface area contributed by atoms with Crippen LogP contribution in [0, 0.1) is 11.3 Å². The van der Waals surface area contributed by atoms with Crippen molar-refractivity contribution in [3.05, 3.63) is 24.7 Å². The predicted molar refractivity (Wildman–Crippen MR) is 94.5 cm³/mol. The lowest BCUT2D eigenvalue weighted by molar-refractivity contribution is 0.0810. The maximum absolute atomic E-state index is 12.0. The van der Waals surface area contributed by atoms with Crippen LogP contribution in [0.15, 0.2) is 24.7 Å². The van der Waals surface area contributed by atoms with Gasteiger partial charge >= 0.3 is 6.09 Å². The summed E-state index contributed by atoms with van der Waals surface area (Å²) in [6.45, 7) is 1.29. The molecule has 26 heavy (non-hydrogen) atoms. The smallest absolute Gasteiger partial charge is 0.410 e. The number of ether oxygens (including phenoxy) is 1. The molecular formula is C17H17N7O2. The standard InChI is InChI=1S/C17H17N7O2/c1-23(7-4-18)17(25)26-12-3-6-24(10-12)16-14-11(9-21-22-16)8-20-15-13(14)2-5-19-15/h2,5,8-9,12,22H,3,6-7,10H2,1H3. The fourth-order valence-electron chi connectivity index (χ4n) is 3.22. The number of hydrogen-bond acceptors (Lipinski definition) is 7. The molecule has 0 saturated carbocycles. The van der Waals surface area contributed by atoms with Crippen LogP contribution in [-0.4, -0.2) is 63.9 Å². The number of pyridine rings is 1. The van der Waals surface area contributed by atoms with E-state index >= 15 is 0 Å². The van der Waals surface area contributed by atoms with Crippen LogP contribution in [0.2, 0.25) is 0 Å². The van der Waals surface area contributed by atoms with Crippen LogP contribution in [0.5, 0.6) is 0 Å². The van der Waals surface area contributed by atoms with Crippen LogP contribution in [0.4, 0.5) is 10.6 Å². The summed E-state index contributed by atoms with van der Waals surface area (Å²) in [6, 6.07) is 3.87. The number of nitrogens with zero attached hydrogens (tertiary/aromatic N) is 6. The topological polar surface area (TPSA) is 111 Å². The number of H-pyrrole nitrogens is 1. The average molecular weight is 351 g/mol. The summed E-state index contributed by atoms with van der Waals surface area (Å²) in [7, 11) is 1.55. The van der Waals surface area contributed by atoms with E-state index in [2.05, 4.69) is 25.1 Å². The van der Waals surface area contributed by atoms with Gasteiger partial charge in [-0.3, -0.25) is 10.00 Å². The molecule has 1 unspecified atom stereocenters. The van der Waals surface area contributed by atoms with Gasteiger partial charge in [-0.05, 0) is 6.07 Å². The largest absolute Gasteiger partial charge is 0.444 e. The minimum atomic E-state index is -0.481. The normalized spacial score (nSPS) is 16.8. The van der Waals surface area contributed by atoms with Gasteiger partial charge in [-0.15, -0.1) is 0 Å². The summed E-state index contributed by atoms with van der Waals surface area (Å²) in [5, 5.41) is 18.9. The lowest BCUT2D eigenvalue weighted by Gasteiger charge is -2.21. The molecule has 1 saturated heterocycles. The molecule has 0 radical (unpaired) electrons. The summed E-state index contributed by atoms with van der Waals surface area (Å²) in [4.78, 5) is 24.0. The Morgan fingerprint density at radius 3 is 3.23 bits per heavy atom. The summed E-state index contributed by atoms with van der Waals surface area (Å²) >= 11 is 0. The Hall–Kier alpha value is -3.41.